The highest BCUT2D eigenvalue weighted by Crippen LogP contribution is 2.47. The summed E-state index contributed by atoms with van der Waals surface area (Å²) in [6.45, 7) is 1.33. The first-order valence-electron chi connectivity index (χ1n) is 15.2. The molecule has 2 nitrogen and oxygen atoms in total. The highest BCUT2D eigenvalue weighted by molar-refractivity contribution is 7.80. The van der Waals surface area contributed by atoms with Crippen molar-refractivity contribution < 1.29 is 9.47 Å². The van der Waals surface area contributed by atoms with Gasteiger partial charge in [-0.1, -0.05) is 146 Å². The lowest BCUT2D eigenvalue weighted by Gasteiger charge is -2.29. The summed E-state index contributed by atoms with van der Waals surface area (Å²) in [7, 11) is -1.78. The largest absolute Gasteiger partial charge is 0.493 e. The monoisotopic (exact) mass is 608 g/mol. The number of hydrogen-bond donors (Lipinski definition) is 0. The Labute approximate surface area is 262 Å². The Balaban J connectivity index is 1.55. The van der Waals surface area contributed by atoms with Crippen molar-refractivity contribution >= 4 is 47.7 Å². The molecule has 0 unspecified atom stereocenters. The van der Waals surface area contributed by atoms with Gasteiger partial charge in [-0.3, -0.25) is 0 Å². The Hall–Kier alpha value is -4.22. The molecule has 0 bridgehead atoms. The van der Waals surface area contributed by atoms with E-state index in [9.17, 15) is 0 Å². The van der Waals surface area contributed by atoms with Crippen LogP contribution >= 0.6 is 15.8 Å². The van der Waals surface area contributed by atoms with Gasteiger partial charge in [-0.2, -0.15) is 0 Å². The van der Waals surface area contributed by atoms with Crippen LogP contribution in [0.3, 0.4) is 0 Å². The summed E-state index contributed by atoms with van der Waals surface area (Å²) in [6.07, 6.45) is 1.90. The van der Waals surface area contributed by atoms with Gasteiger partial charge in [0, 0.05) is 11.1 Å². The molecule has 0 amide bonds. The van der Waals surface area contributed by atoms with E-state index in [-0.39, 0.29) is 0 Å². The van der Waals surface area contributed by atoms with Gasteiger partial charge in [-0.25, -0.2) is 0 Å². The summed E-state index contributed by atoms with van der Waals surface area (Å²) in [4.78, 5) is 0. The lowest BCUT2D eigenvalue weighted by molar-refractivity contribution is 0.264. The van der Waals surface area contributed by atoms with Crippen molar-refractivity contribution in [2.75, 3.05) is 13.2 Å². The molecule has 4 heteroatoms. The quantitative estimate of drug-likeness (QED) is 0.183. The van der Waals surface area contributed by atoms with E-state index in [0.29, 0.717) is 13.2 Å². The van der Waals surface area contributed by atoms with Crippen LogP contribution in [0.4, 0.5) is 0 Å². The van der Waals surface area contributed by atoms with Gasteiger partial charge < -0.3 is 9.47 Å². The van der Waals surface area contributed by atoms with E-state index in [0.717, 1.165) is 35.5 Å². The Kier molecular flexibility index (Phi) is 8.83. The second-order valence-electron chi connectivity index (χ2n) is 10.7. The predicted molar refractivity (Wildman–Crippen MR) is 190 cm³/mol. The lowest BCUT2D eigenvalue weighted by atomic mass is 10.0. The first-order chi connectivity index (χ1) is 21.9. The fourth-order valence-corrected chi connectivity index (χ4v) is 10.8. The zero-order chi connectivity index (χ0) is 29.6. The van der Waals surface area contributed by atoms with Gasteiger partial charge in [-0.05, 0) is 72.6 Å². The van der Waals surface area contributed by atoms with Crippen LogP contribution in [0.15, 0.2) is 158 Å². The van der Waals surface area contributed by atoms with Crippen LogP contribution in [0.5, 0.6) is 11.5 Å². The Bertz CT molecular complexity index is 1590. The number of rotatable bonds is 6. The van der Waals surface area contributed by atoms with Crippen LogP contribution in [0, 0.1) is 0 Å². The predicted octanol–water partition coefficient (Wildman–Crippen LogP) is 7.42. The lowest BCUT2D eigenvalue weighted by Crippen LogP contribution is -2.27. The SMILES string of the molecule is c1ccc(P(c2ccccc2)c2cccc3c2-c2c(cccc2P(c2ccccc2)c2ccccc2)OCCCCO3)cc1. The first kappa shape index (κ1) is 28.5. The van der Waals surface area contributed by atoms with Gasteiger partial charge in [0.1, 0.15) is 11.5 Å². The van der Waals surface area contributed by atoms with Crippen molar-refractivity contribution in [1.29, 1.82) is 0 Å². The fourth-order valence-electron chi connectivity index (χ4n) is 5.89. The van der Waals surface area contributed by atoms with Gasteiger partial charge in [0.25, 0.3) is 0 Å². The van der Waals surface area contributed by atoms with Crippen LogP contribution in [-0.2, 0) is 0 Å². The molecule has 1 heterocycles. The van der Waals surface area contributed by atoms with Crippen molar-refractivity contribution in [1.82, 2.24) is 0 Å². The van der Waals surface area contributed by atoms with Gasteiger partial charge >= 0.3 is 0 Å². The molecule has 7 rings (SSSR count). The summed E-state index contributed by atoms with van der Waals surface area (Å²) in [6, 6.07) is 57.0. The van der Waals surface area contributed by atoms with Gasteiger partial charge in [0.05, 0.1) is 13.2 Å². The van der Waals surface area contributed by atoms with Crippen LogP contribution in [0.25, 0.3) is 11.1 Å². The number of fused-ring (bicyclic) bond motifs is 3. The second kappa shape index (κ2) is 13.6. The first-order valence-corrected chi connectivity index (χ1v) is 17.9. The Morgan fingerprint density at radius 2 is 0.659 bits per heavy atom. The zero-order valence-corrected chi connectivity index (χ0v) is 26.3. The minimum atomic E-state index is -0.889. The van der Waals surface area contributed by atoms with E-state index >= 15 is 0 Å². The molecular formula is C40H34O2P2. The number of hydrogen-bond acceptors (Lipinski definition) is 2. The highest BCUT2D eigenvalue weighted by Gasteiger charge is 2.30. The summed E-state index contributed by atoms with van der Waals surface area (Å²) < 4.78 is 13.4. The van der Waals surface area contributed by atoms with Crippen molar-refractivity contribution in [3.8, 4) is 22.6 Å². The zero-order valence-electron chi connectivity index (χ0n) is 24.6. The average Bonchev–Trinajstić information content (AvgIpc) is 3.09. The Morgan fingerprint density at radius 1 is 0.341 bits per heavy atom. The molecule has 6 aromatic rings. The van der Waals surface area contributed by atoms with Crippen LogP contribution < -0.4 is 41.3 Å². The van der Waals surface area contributed by atoms with E-state index in [1.807, 2.05) is 0 Å². The third-order valence-electron chi connectivity index (χ3n) is 7.85. The molecule has 0 saturated heterocycles. The molecule has 216 valence electrons. The van der Waals surface area contributed by atoms with E-state index in [2.05, 4.69) is 158 Å². The molecule has 0 fully saturated rings. The van der Waals surface area contributed by atoms with Crippen molar-refractivity contribution in [2.24, 2.45) is 0 Å². The topological polar surface area (TPSA) is 18.5 Å². The van der Waals surface area contributed by atoms with E-state index in [1.165, 1.54) is 31.8 Å². The van der Waals surface area contributed by atoms with Gasteiger partial charge in [0.15, 0.2) is 0 Å². The molecule has 0 N–H and O–H groups in total. The average molecular weight is 609 g/mol. The van der Waals surface area contributed by atoms with Crippen LogP contribution in [0.2, 0.25) is 0 Å². The summed E-state index contributed by atoms with van der Waals surface area (Å²) >= 11 is 0. The maximum Gasteiger partial charge on any atom is 0.127 e. The molecule has 0 aromatic heterocycles. The minimum absolute atomic E-state index is 0.665. The fraction of sp³-hybridized carbons (Fsp3) is 0.100. The second-order valence-corrected chi connectivity index (χ2v) is 15.1. The molecule has 0 saturated carbocycles. The van der Waals surface area contributed by atoms with E-state index in [1.54, 1.807) is 0 Å². The summed E-state index contributed by atoms with van der Waals surface area (Å²) in [5.41, 5.74) is 2.30. The van der Waals surface area contributed by atoms with E-state index < -0.39 is 15.8 Å². The smallest absolute Gasteiger partial charge is 0.127 e. The number of benzene rings is 6. The third-order valence-corrected chi connectivity index (χ3v) is 12.8. The third kappa shape index (κ3) is 5.94. The highest BCUT2D eigenvalue weighted by atomic mass is 31.1. The van der Waals surface area contributed by atoms with Crippen molar-refractivity contribution in [3.63, 3.8) is 0 Å². The standard InChI is InChI=1S/C40H34O2P2/c1-5-17-31(18-6-1)43(32-19-7-2-8-20-32)37-27-15-25-35-39(37)40-36(42-30-14-13-29-41-35)26-16-28-38(40)44(33-21-9-3-10-22-33)34-23-11-4-12-24-34/h1-12,15-28H,13-14,29-30H2. The van der Waals surface area contributed by atoms with Crippen molar-refractivity contribution in [2.45, 2.75) is 12.8 Å². The maximum absolute atomic E-state index is 6.69. The molecule has 0 spiro atoms. The molecule has 1 aliphatic heterocycles. The summed E-state index contributed by atoms with van der Waals surface area (Å²) in [5, 5.41) is 7.81. The maximum atomic E-state index is 6.69. The van der Waals surface area contributed by atoms with Gasteiger partial charge in [-0.15, -0.1) is 0 Å². The van der Waals surface area contributed by atoms with Crippen molar-refractivity contribution in [3.05, 3.63) is 158 Å². The molecule has 6 aromatic carbocycles. The summed E-state index contributed by atoms with van der Waals surface area (Å²) in [5.74, 6) is 1.86. The molecule has 0 radical (unpaired) electrons. The van der Waals surface area contributed by atoms with Crippen LogP contribution in [-0.4, -0.2) is 13.2 Å². The normalized spacial score (nSPS) is 13.0. The molecular weight excluding hydrogens is 574 g/mol. The van der Waals surface area contributed by atoms with E-state index in [4.69, 9.17) is 9.47 Å². The molecule has 0 aliphatic carbocycles. The molecule has 0 atom stereocenters. The molecule has 44 heavy (non-hydrogen) atoms. The Morgan fingerprint density at radius 3 is 0.977 bits per heavy atom. The van der Waals surface area contributed by atoms with Crippen LogP contribution in [0.1, 0.15) is 12.8 Å². The molecule has 1 aliphatic rings. The number of ether oxygens (including phenoxy) is 2. The minimum Gasteiger partial charge on any atom is -0.493 e. The van der Waals surface area contributed by atoms with Gasteiger partial charge in [0.2, 0.25) is 0 Å².